The van der Waals surface area contributed by atoms with Gasteiger partial charge in [-0.15, -0.1) is 0 Å². The van der Waals surface area contributed by atoms with E-state index in [1.807, 2.05) is 12.4 Å². The molecule has 0 aliphatic carbocycles. The predicted molar refractivity (Wildman–Crippen MR) is 87.2 cm³/mol. The van der Waals surface area contributed by atoms with Crippen LogP contribution in [0.2, 0.25) is 0 Å². The summed E-state index contributed by atoms with van der Waals surface area (Å²) in [6.07, 6.45) is 8.36. The first-order valence-corrected chi connectivity index (χ1v) is 7.98. The van der Waals surface area contributed by atoms with Crippen molar-refractivity contribution < 1.29 is 0 Å². The highest BCUT2D eigenvalue weighted by Crippen LogP contribution is 2.23. The van der Waals surface area contributed by atoms with E-state index in [2.05, 4.69) is 56.4 Å². The minimum absolute atomic E-state index is 0.341. The minimum atomic E-state index is 0.341. The van der Waals surface area contributed by atoms with Crippen LogP contribution in [-0.2, 0) is 6.42 Å². The summed E-state index contributed by atoms with van der Waals surface area (Å²) in [6.45, 7) is 14.5. The van der Waals surface area contributed by atoms with E-state index in [4.69, 9.17) is 0 Å². The van der Waals surface area contributed by atoms with Crippen molar-refractivity contribution in [2.45, 2.75) is 73.3 Å². The average Bonchev–Trinajstić information content (AvgIpc) is 2.42. The van der Waals surface area contributed by atoms with Crippen LogP contribution in [0.1, 0.15) is 66.4 Å². The lowest BCUT2D eigenvalue weighted by Crippen LogP contribution is -2.38. The molecule has 0 spiro atoms. The van der Waals surface area contributed by atoms with Gasteiger partial charge in [-0.25, -0.2) is 9.97 Å². The van der Waals surface area contributed by atoms with Crippen LogP contribution in [0.15, 0.2) is 12.4 Å². The molecule has 1 heterocycles. The van der Waals surface area contributed by atoms with Crippen LogP contribution in [-0.4, -0.2) is 22.6 Å². The van der Waals surface area contributed by atoms with Crippen molar-refractivity contribution in [2.75, 3.05) is 11.4 Å². The molecule has 0 amide bonds. The highest BCUT2D eigenvalue weighted by Gasteiger charge is 2.20. The lowest BCUT2D eigenvalue weighted by molar-refractivity contribution is 0.367. The standard InChI is InChI=1S/C17H31N3/c1-7-14-12-18-16(19-13-14)20(15(8-2)9-3)11-10-17(4,5)6/h12-13,15H,7-11H2,1-6H3. The summed E-state index contributed by atoms with van der Waals surface area (Å²) in [6, 6.07) is 0.532. The number of nitrogens with zero attached hydrogens (tertiary/aromatic N) is 3. The molecule has 3 heteroatoms. The van der Waals surface area contributed by atoms with Crippen molar-refractivity contribution >= 4 is 5.95 Å². The van der Waals surface area contributed by atoms with Crippen molar-refractivity contribution in [1.29, 1.82) is 0 Å². The third kappa shape index (κ3) is 5.10. The molecule has 0 N–H and O–H groups in total. The van der Waals surface area contributed by atoms with Gasteiger partial charge in [-0.3, -0.25) is 0 Å². The fraction of sp³-hybridized carbons (Fsp3) is 0.765. The summed E-state index contributed by atoms with van der Waals surface area (Å²) >= 11 is 0. The van der Waals surface area contributed by atoms with Crippen molar-refractivity contribution in [2.24, 2.45) is 5.41 Å². The lowest BCUT2D eigenvalue weighted by Gasteiger charge is -2.33. The zero-order chi connectivity index (χ0) is 15.2. The molecule has 0 aliphatic rings. The van der Waals surface area contributed by atoms with Gasteiger partial charge in [0.1, 0.15) is 0 Å². The van der Waals surface area contributed by atoms with Gasteiger partial charge >= 0.3 is 0 Å². The zero-order valence-corrected chi connectivity index (χ0v) is 14.1. The first kappa shape index (κ1) is 16.9. The molecule has 1 aromatic rings. The molecule has 0 aliphatic heterocycles. The number of aryl methyl sites for hydroxylation is 1. The van der Waals surface area contributed by atoms with E-state index in [9.17, 15) is 0 Å². The summed E-state index contributed by atoms with van der Waals surface area (Å²) in [5, 5.41) is 0. The van der Waals surface area contributed by atoms with Crippen molar-refractivity contribution in [1.82, 2.24) is 9.97 Å². The van der Waals surface area contributed by atoms with Crippen molar-refractivity contribution in [3.8, 4) is 0 Å². The average molecular weight is 277 g/mol. The van der Waals surface area contributed by atoms with Crippen LogP contribution in [0.4, 0.5) is 5.95 Å². The number of aromatic nitrogens is 2. The molecule has 0 saturated heterocycles. The maximum Gasteiger partial charge on any atom is 0.225 e. The van der Waals surface area contributed by atoms with Crippen molar-refractivity contribution in [3.05, 3.63) is 18.0 Å². The normalized spacial score (nSPS) is 11.9. The summed E-state index contributed by atoms with van der Waals surface area (Å²) in [7, 11) is 0. The Morgan fingerprint density at radius 2 is 1.60 bits per heavy atom. The largest absolute Gasteiger partial charge is 0.338 e. The molecule has 1 aromatic heterocycles. The van der Waals surface area contributed by atoms with Gasteiger partial charge in [-0.2, -0.15) is 0 Å². The van der Waals surface area contributed by atoms with Gasteiger partial charge in [-0.05, 0) is 36.7 Å². The maximum absolute atomic E-state index is 4.58. The molecule has 0 aromatic carbocycles. The number of anilines is 1. The number of hydrogen-bond donors (Lipinski definition) is 0. The Bertz CT molecular complexity index is 374. The predicted octanol–water partition coefficient (Wildman–Crippen LogP) is 4.47. The van der Waals surface area contributed by atoms with Crippen LogP contribution < -0.4 is 4.90 Å². The van der Waals surface area contributed by atoms with Crippen LogP contribution >= 0.6 is 0 Å². The molecule has 0 atom stereocenters. The summed E-state index contributed by atoms with van der Waals surface area (Å²) in [5.41, 5.74) is 1.54. The van der Waals surface area contributed by atoms with Crippen LogP contribution in [0.3, 0.4) is 0 Å². The quantitative estimate of drug-likeness (QED) is 0.736. The van der Waals surface area contributed by atoms with Gasteiger partial charge in [-0.1, -0.05) is 41.5 Å². The molecular weight excluding hydrogens is 246 g/mol. The summed E-state index contributed by atoms with van der Waals surface area (Å²) < 4.78 is 0. The van der Waals surface area contributed by atoms with Crippen LogP contribution in [0, 0.1) is 5.41 Å². The SMILES string of the molecule is CCc1cnc(N(CCC(C)(C)C)C(CC)CC)nc1. The minimum Gasteiger partial charge on any atom is -0.338 e. The smallest absolute Gasteiger partial charge is 0.225 e. The van der Waals surface area contributed by atoms with Gasteiger partial charge in [0.2, 0.25) is 5.95 Å². The Labute approximate surface area is 124 Å². The summed E-state index contributed by atoms with van der Waals surface area (Å²) in [4.78, 5) is 11.6. The van der Waals surface area contributed by atoms with E-state index < -0.39 is 0 Å². The Kier molecular flexibility index (Phi) is 6.44. The Morgan fingerprint density at radius 1 is 1.05 bits per heavy atom. The third-order valence-electron chi connectivity index (χ3n) is 3.84. The second kappa shape index (κ2) is 7.61. The van der Waals surface area contributed by atoms with Gasteiger partial charge in [0, 0.05) is 25.0 Å². The van der Waals surface area contributed by atoms with E-state index in [1.165, 1.54) is 5.56 Å². The highest BCUT2D eigenvalue weighted by atomic mass is 15.3. The molecule has 114 valence electrons. The van der Waals surface area contributed by atoms with Gasteiger partial charge in [0.05, 0.1) is 0 Å². The molecular formula is C17H31N3. The highest BCUT2D eigenvalue weighted by molar-refractivity contribution is 5.31. The zero-order valence-electron chi connectivity index (χ0n) is 14.1. The first-order valence-electron chi connectivity index (χ1n) is 7.98. The summed E-state index contributed by atoms with van der Waals surface area (Å²) in [5.74, 6) is 0.889. The number of rotatable bonds is 7. The second-order valence-electron chi connectivity index (χ2n) is 6.72. The van der Waals surface area contributed by atoms with Crippen LogP contribution in [0.25, 0.3) is 0 Å². The van der Waals surface area contributed by atoms with Gasteiger partial charge in [0.15, 0.2) is 0 Å². The van der Waals surface area contributed by atoms with E-state index in [0.29, 0.717) is 11.5 Å². The Morgan fingerprint density at radius 3 is 2.00 bits per heavy atom. The van der Waals surface area contributed by atoms with Gasteiger partial charge < -0.3 is 4.90 Å². The Balaban J connectivity index is 2.90. The fourth-order valence-electron chi connectivity index (χ4n) is 2.31. The fourth-order valence-corrected chi connectivity index (χ4v) is 2.31. The molecule has 0 unspecified atom stereocenters. The monoisotopic (exact) mass is 277 g/mol. The van der Waals surface area contributed by atoms with E-state index in [0.717, 1.165) is 38.2 Å². The molecule has 0 saturated carbocycles. The Hall–Kier alpha value is -1.12. The van der Waals surface area contributed by atoms with E-state index in [1.54, 1.807) is 0 Å². The first-order chi connectivity index (χ1) is 9.41. The van der Waals surface area contributed by atoms with Crippen molar-refractivity contribution in [3.63, 3.8) is 0 Å². The second-order valence-corrected chi connectivity index (χ2v) is 6.72. The topological polar surface area (TPSA) is 29.0 Å². The molecule has 0 radical (unpaired) electrons. The molecule has 0 bridgehead atoms. The maximum atomic E-state index is 4.58. The van der Waals surface area contributed by atoms with Gasteiger partial charge in [0.25, 0.3) is 0 Å². The molecule has 1 rings (SSSR count). The third-order valence-corrected chi connectivity index (χ3v) is 3.84. The number of hydrogen-bond acceptors (Lipinski definition) is 3. The van der Waals surface area contributed by atoms with E-state index in [-0.39, 0.29) is 0 Å². The molecule has 20 heavy (non-hydrogen) atoms. The molecule has 0 fully saturated rings. The van der Waals surface area contributed by atoms with Crippen LogP contribution in [0.5, 0.6) is 0 Å². The van der Waals surface area contributed by atoms with E-state index >= 15 is 0 Å². The lowest BCUT2D eigenvalue weighted by atomic mass is 9.92. The molecule has 3 nitrogen and oxygen atoms in total.